The van der Waals surface area contributed by atoms with E-state index < -0.39 is 29.5 Å². The molecule has 0 spiro atoms. The quantitative estimate of drug-likeness (QED) is 0.627. The Morgan fingerprint density at radius 1 is 1.48 bits per heavy atom. The van der Waals surface area contributed by atoms with Gasteiger partial charge in [-0.3, -0.25) is 4.79 Å². The molecule has 0 atom stereocenters. The van der Waals surface area contributed by atoms with Crippen LogP contribution in [0.5, 0.6) is 0 Å². The number of amides is 1. The van der Waals surface area contributed by atoms with E-state index in [4.69, 9.17) is 11.6 Å². The van der Waals surface area contributed by atoms with Gasteiger partial charge in [-0.15, -0.1) is 22.9 Å². The lowest BCUT2D eigenvalue weighted by atomic mass is 10.1. The molecule has 0 unspecified atom stereocenters. The Morgan fingerprint density at radius 2 is 2.15 bits per heavy atom. The summed E-state index contributed by atoms with van der Waals surface area (Å²) in [4.78, 5) is 16.2. The normalized spacial score (nSPS) is 18.2. The highest BCUT2D eigenvalue weighted by Gasteiger charge is 2.45. The van der Waals surface area contributed by atoms with Crippen molar-refractivity contribution in [2.24, 2.45) is 7.05 Å². The minimum Gasteiger partial charge on any atom is -0.330 e. The lowest BCUT2D eigenvalue weighted by molar-refractivity contribution is 0.0713. The summed E-state index contributed by atoms with van der Waals surface area (Å²) < 4.78 is 41.7. The third-order valence-electron chi connectivity index (χ3n) is 5.09. The molecule has 0 N–H and O–H groups in total. The second kappa shape index (κ2) is 6.51. The van der Waals surface area contributed by atoms with E-state index in [1.54, 1.807) is 11.3 Å². The van der Waals surface area contributed by atoms with Gasteiger partial charge < -0.3 is 4.90 Å². The molecule has 4 rings (SSSR count). The van der Waals surface area contributed by atoms with Crippen molar-refractivity contribution in [3.8, 4) is 0 Å². The van der Waals surface area contributed by atoms with E-state index in [-0.39, 0.29) is 17.5 Å². The molecule has 2 fully saturated rings. The fraction of sp³-hybridized carbons (Fsp3) is 0.556. The molecular formula is C18H19ClF3N3OS. The van der Waals surface area contributed by atoms with Gasteiger partial charge in [-0.25, -0.2) is 13.5 Å². The Kier molecular flexibility index (Phi) is 4.54. The molecule has 4 nitrogen and oxygen atoms in total. The SMILES string of the molecule is Cc1cc(C2(Cl)CC2)c(CN(C(=O)c2c(C(F)F)nn(C)c2F)C2CC2)s1. The summed E-state index contributed by atoms with van der Waals surface area (Å²) >= 11 is 8.14. The zero-order valence-corrected chi connectivity index (χ0v) is 16.5. The van der Waals surface area contributed by atoms with Gasteiger partial charge in [-0.1, -0.05) is 0 Å². The molecule has 0 saturated heterocycles. The van der Waals surface area contributed by atoms with E-state index in [0.29, 0.717) is 4.68 Å². The van der Waals surface area contributed by atoms with E-state index in [1.807, 2.05) is 13.0 Å². The Hall–Kier alpha value is -1.54. The Morgan fingerprint density at radius 3 is 2.70 bits per heavy atom. The van der Waals surface area contributed by atoms with Crippen LogP contribution in [0.2, 0.25) is 0 Å². The summed E-state index contributed by atoms with van der Waals surface area (Å²) in [5, 5.41) is 3.50. The molecule has 9 heteroatoms. The first-order valence-corrected chi connectivity index (χ1v) is 10.0. The smallest absolute Gasteiger partial charge is 0.283 e. The fourth-order valence-corrected chi connectivity index (χ4v) is 4.82. The van der Waals surface area contributed by atoms with E-state index in [2.05, 4.69) is 5.10 Å². The van der Waals surface area contributed by atoms with Crippen molar-refractivity contribution in [2.75, 3.05) is 0 Å². The zero-order valence-electron chi connectivity index (χ0n) is 14.9. The first-order chi connectivity index (χ1) is 12.7. The van der Waals surface area contributed by atoms with Gasteiger partial charge in [0, 0.05) is 22.8 Å². The maximum Gasteiger partial charge on any atom is 0.283 e. The molecule has 0 radical (unpaired) electrons. The predicted octanol–water partition coefficient (Wildman–Crippen LogP) is 4.90. The molecule has 146 valence electrons. The Labute approximate surface area is 163 Å². The van der Waals surface area contributed by atoms with Gasteiger partial charge in [-0.05, 0) is 44.2 Å². The number of carbonyl (C=O) groups is 1. The number of aromatic nitrogens is 2. The highest BCUT2D eigenvalue weighted by atomic mass is 35.5. The maximum atomic E-state index is 14.4. The van der Waals surface area contributed by atoms with Gasteiger partial charge in [-0.2, -0.15) is 9.49 Å². The molecule has 0 aliphatic heterocycles. The third kappa shape index (κ3) is 3.38. The van der Waals surface area contributed by atoms with Gasteiger partial charge in [0.25, 0.3) is 12.3 Å². The average molecular weight is 418 g/mol. The molecule has 2 aliphatic carbocycles. The first kappa shape index (κ1) is 18.8. The minimum atomic E-state index is -3.02. The van der Waals surface area contributed by atoms with Crippen LogP contribution < -0.4 is 0 Å². The van der Waals surface area contributed by atoms with Gasteiger partial charge in [0.2, 0.25) is 5.95 Å². The van der Waals surface area contributed by atoms with Crippen molar-refractivity contribution in [2.45, 2.75) is 56.5 Å². The number of hydrogen-bond donors (Lipinski definition) is 0. The van der Waals surface area contributed by atoms with Gasteiger partial charge in [0.15, 0.2) is 0 Å². The monoisotopic (exact) mass is 417 g/mol. The number of rotatable bonds is 6. The molecule has 2 aliphatic rings. The van der Waals surface area contributed by atoms with Gasteiger partial charge >= 0.3 is 0 Å². The van der Waals surface area contributed by atoms with Crippen LogP contribution in [0.3, 0.4) is 0 Å². The van der Waals surface area contributed by atoms with E-state index >= 15 is 0 Å². The number of aryl methyl sites for hydroxylation is 2. The number of alkyl halides is 3. The molecule has 0 aromatic carbocycles. The number of halogens is 4. The number of nitrogens with zero attached hydrogens (tertiary/aromatic N) is 3. The summed E-state index contributed by atoms with van der Waals surface area (Å²) in [5.41, 5.74) is -0.420. The molecule has 27 heavy (non-hydrogen) atoms. The molecule has 0 bridgehead atoms. The van der Waals surface area contributed by atoms with E-state index in [9.17, 15) is 18.0 Å². The summed E-state index contributed by atoms with van der Waals surface area (Å²) in [6, 6.07) is 1.97. The number of hydrogen-bond acceptors (Lipinski definition) is 3. The fourth-order valence-electron chi connectivity index (χ4n) is 3.36. The molecule has 1 amide bonds. The third-order valence-corrected chi connectivity index (χ3v) is 6.71. The zero-order chi connectivity index (χ0) is 19.5. The predicted molar refractivity (Wildman–Crippen MR) is 96.8 cm³/mol. The summed E-state index contributed by atoms with van der Waals surface area (Å²) in [7, 11) is 1.21. The van der Waals surface area contributed by atoms with Gasteiger partial charge in [0.1, 0.15) is 11.3 Å². The minimum absolute atomic E-state index is 0.0663. The second-order valence-electron chi connectivity index (χ2n) is 7.30. The number of carbonyl (C=O) groups excluding carboxylic acids is 1. The van der Waals surface area contributed by atoms with Crippen LogP contribution in [-0.4, -0.2) is 26.6 Å². The summed E-state index contributed by atoms with van der Waals surface area (Å²) in [5.74, 6) is -1.76. The molecule has 2 aromatic heterocycles. The van der Waals surface area contributed by atoms with Crippen LogP contribution in [0, 0.1) is 12.9 Å². The molecule has 2 aromatic rings. The van der Waals surface area contributed by atoms with Crippen molar-refractivity contribution in [1.29, 1.82) is 0 Å². The molecule has 2 heterocycles. The highest BCUT2D eigenvalue weighted by molar-refractivity contribution is 7.12. The van der Waals surface area contributed by atoms with E-state index in [0.717, 1.165) is 41.0 Å². The first-order valence-electron chi connectivity index (χ1n) is 8.81. The lowest BCUT2D eigenvalue weighted by Gasteiger charge is -2.23. The molecule has 2 saturated carbocycles. The topological polar surface area (TPSA) is 38.1 Å². The summed E-state index contributed by atoms with van der Waals surface area (Å²) in [6.07, 6.45) is 0.300. The number of thiophene rings is 1. The van der Waals surface area contributed by atoms with Crippen molar-refractivity contribution >= 4 is 28.8 Å². The van der Waals surface area contributed by atoms with E-state index in [1.165, 1.54) is 11.9 Å². The van der Waals surface area contributed by atoms with Crippen LogP contribution in [0.25, 0.3) is 0 Å². The standard InChI is InChI=1S/C18H19ClF3N3OS/c1-9-7-11(18(19)5-6-18)12(27-9)8-25(10-3-4-10)17(26)13-14(15(20)21)23-24(2)16(13)22/h7,10,15H,3-6,8H2,1-2H3. The second-order valence-corrected chi connectivity index (χ2v) is 9.36. The Bertz CT molecular complexity index is 902. The van der Waals surface area contributed by atoms with Crippen molar-refractivity contribution in [3.05, 3.63) is 38.6 Å². The average Bonchev–Trinajstić information content (AvgIpc) is 3.51. The van der Waals surface area contributed by atoms with Gasteiger partial charge in [0.05, 0.1) is 11.4 Å². The van der Waals surface area contributed by atoms with Crippen molar-refractivity contribution in [1.82, 2.24) is 14.7 Å². The maximum absolute atomic E-state index is 14.4. The largest absolute Gasteiger partial charge is 0.330 e. The van der Waals surface area contributed by atoms with Crippen LogP contribution in [-0.2, 0) is 18.5 Å². The van der Waals surface area contributed by atoms with Crippen LogP contribution in [0.4, 0.5) is 13.2 Å². The van der Waals surface area contributed by atoms with Crippen LogP contribution in [0.1, 0.15) is 63.5 Å². The van der Waals surface area contributed by atoms with Crippen molar-refractivity contribution < 1.29 is 18.0 Å². The van der Waals surface area contributed by atoms with Crippen molar-refractivity contribution in [3.63, 3.8) is 0 Å². The Balaban J connectivity index is 1.68. The highest BCUT2D eigenvalue weighted by Crippen LogP contribution is 2.54. The molecular weight excluding hydrogens is 399 g/mol. The lowest BCUT2D eigenvalue weighted by Crippen LogP contribution is -2.34. The van der Waals surface area contributed by atoms with Crippen LogP contribution >= 0.6 is 22.9 Å². The summed E-state index contributed by atoms with van der Waals surface area (Å²) in [6.45, 7) is 2.22. The van der Waals surface area contributed by atoms with Crippen LogP contribution in [0.15, 0.2) is 6.07 Å².